The monoisotopic (exact) mass is 270 g/mol. The van der Waals surface area contributed by atoms with Crippen molar-refractivity contribution >= 4 is 19.9 Å². The molecule has 0 aromatic carbocycles. The molecule has 0 spiro atoms. The van der Waals surface area contributed by atoms with Gasteiger partial charge in [-0.3, -0.25) is 0 Å². The molecule has 0 heterocycles. The number of sulfone groups is 1. The van der Waals surface area contributed by atoms with Gasteiger partial charge >= 0.3 is 0 Å². The van der Waals surface area contributed by atoms with Crippen LogP contribution in [0.2, 0.25) is 0 Å². The number of rotatable bonds is 8. The molecule has 0 aromatic rings. The van der Waals surface area contributed by atoms with E-state index in [2.05, 4.69) is 14.7 Å². The molecule has 8 nitrogen and oxygen atoms in total. The largest absolute Gasteiger partial charge is 0.229 e. The van der Waals surface area contributed by atoms with Gasteiger partial charge in [-0.05, 0) is 12.0 Å². The molecule has 0 aromatic heterocycles. The predicted octanol–water partition coefficient (Wildman–Crippen LogP) is -0.349. The van der Waals surface area contributed by atoms with E-state index in [1.807, 2.05) is 0 Å². The SMILES string of the molecule is CS(=O)(=O)CCS(=O)(=O)NCCCN=[N+]=[N-]. The van der Waals surface area contributed by atoms with E-state index in [1.165, 1.54) is 0 Å². The quantitative estimate of drug-likeness (QED) is 0.279. The standard InChI is InChI=1S/C6H14N4O4S2/c1-15(11,12)5-6-16(13,14)9-4-2-3-8-10-7/h9H,2-6H2,1H3. The van der Waals surface area contributed by atoms with Gasteiger partial charge in [0, 0.05) is 24.3 Å². The van der Waals surface area contributed by atoms with Crippen LogP contribution >= 0.6 is 0 Å². The summed E-state index contributed by atoms with van der Waals surface area (Å²) in [6, 6.07) is 0. The number of hydrogen-bond acceptors (Lipinski definition) is 5. The van der Waals surface area contributed by atoms with Crippen molar-refractivity contribution in [2.75, 3.05) is 30.9 Å². The Bertz CT molecular complexity index is 449. The fourth-order valence-electron chi connectivity index (χ4n) is 0.755. The van der Waals surface area contributed by atoms with Crippen LogP contribution in [0, 0.1) is 0 Å². The normalized spacial score (nSPS) is 12.1. The fraction of sp³-hybridized carbons (Fsp3) is 1.00. The Morgan fingerprint density at radius 2 is 1.88 bits per heavy atom. The van der Waals surface area contributed by atoms with Crippen LogP contribution in [-0.2, 0) is 19.9 Å². The molecule has 94 valence electrons. The molecule has 16 heavy (non-hydrogen) atoms. The maximum Gasteiger partial charge on any atom is 0.212 e. The van der Waals surface area contributed by atoms with Gasteiger partial charge in [-0.25, -0.2) is 21.6 Å². The number of azide groups is 1. The van der Waals surface area contributed by atoms with E-state index in [0.29, 0.717) is 6.42 Å². The first kappa shape index (κ1) is 15.2. The number of nitrogens with zero attached hydrogens (tertiary/aromatic N) is 3. The van der Waals surface area contributed by atoms with E-state index in [4.69, 9.17) is 5.53 Å². The molecule has 0 radical (unpaired) electrons. The molecule has 0 saturated heterocycles. The van der Waals surface area contributed by atoms with Gasteiger partial charge in [0.2, 0.25) is 10.0 Å². The van der Waals surface area contributed by atoms with Gasteiger partial charge in [-0.15, -0.1) is 0 Å². The third kappa shape index (κ3) is 9.71. The Hall–Kier alpha value is -0.830. The van der Waals surface area contributed by atoms with Crippen molar-refractivity contribution in [2.45, 2.75) is 6.42 Å². The van der Waals surface area contributed by atoms with Gasteiger partial charge in [-0.2, -0.15) is 0 Å². The van der Waals surface area contributed by atoms with E-state index in [0.717, 1.165) is 6.26 Å². The summed E-state index contributed by atoms with van der Waals surface area (Å²) in [4.78, 5) is 2.51. The van der Waals surface area contributed by atoms with Crippen molar-refractivity contribution in [1.82, 2.24) is 4.72 Å². The van der Waals surface area contributed by atoms with Crippen LogP contribution in [0.25, 0.3) is 10.4 Å². The summed E-state index contributed by atoms with van der Waals surface area (Å²) in [5.74, 6) is -0.855. The second-order valence-electron chi connectivity index (χ2n) is 3.15. The second kappa shape index (κ2) is 6.69. The summed E-state index contributed by atoms with van der Waals surface area (Å²) in [7, 11) is -6.85. The van der Waals surface area contributed by atoms with E-state index < -0.39 is 31.4 Å². The lowest BCUT2D eigenvalue weighted by atomic mass is 10.4. The van der Waals surface area contributed by atoms with Crippen LogP contribution in [0.1, 0.15) is 6.42 Å². The summed E-state index contributed by atoms with van der Waals surface area (Å²) in [5, 5.41) is 3.23. The highest BCUT2D eigenvalue weighted by molar-refractivity contribution is 7.93. The zero-order chi connectivity index (χ0) is 12.7. The van der Waals surface area contributed by atoms with Gasteiger partial charge in [0.1, 0.15) is 9.84 Å². The van der Waals surface area contributed by atoms with Crippen LogP contribution < -0.4 is 4.72 Å². The molecular weight excluding hydrogens is 256 g/mol. The zero-order valence-corrected chi connectivity index (χ0v) is 10.5. The van der Waals surface area contributed by atoms with Crippen LogP contribution in [0.3, 0.4) is 0 Å². The first-order valence-electron chi connectivity index (χ1n) is 4.43. The average molecular weight is 270 g/mol. The molecule has 0 rings (SSSR count). The summed E-state index contributed by atoms with van der Waals surface area (Å²) in [6.07, 6.45) is 1.35. The van der Waals surface area contributed by atoms with E-state index in [9.17, 15) is 16.8 Å². The van der Waals surface area contributed by atoms with Gasteiger partial charge in [0.05, 0.1) is 11.5 Å². The topological polar surface area (TPSA) is 129 Å². The van der Waals surface area contributed by atoms with Crippen molar-refractivity contribution < 1.29 is 16.8 Å². The van der Waals surface area contributed by atoms with Gasteiger partial charge in [0.25, 0.3) is 0 Å². The molecule has 0 amide bonds. The summed E-state index contributed by atoms with van der Waals surface area (Å²) < 4.78 is 46.2. The molecule has 0 aliphatic carbocycles. The minimum absolute atomic E-state index is 0.130. The van der Waals surface area contributed by atoms with Crippen molar-refractivity contribution in [2.24, 2.45) is 5.11 Å². The first-order chi connectivity index (χ1) is 7.27. The van der Waals surface area contributed by atoms with E-state index in [1.54, 1.807) is 0 Å². The minimum atomic E-state index is -3.57. The zero-order valence-electron chi connectivity index (χ0n) is 8.83. The summed E-state index contributed by atoms with van der Waals surface area (Å²) in [6.45, 7) is 0.330. The number of nitrogens with one attached hydrogen (secondary N) is 1. The Labute approximate surface area is 94.6 Å². The third-order valence-corrected chi connectivity index (χ3v) is 4.13. The average Bonchev–Trinajstić information content (AvgIpc) is 2.14. The lowest BCUT2D eigenvalue weighted by Gasteiger charge is -2.04. The Balaban J connectivity index is 3.93. The highest BCUT2D eigenvalue weighted by atomic mass is 32.2. The van der Waals surface area contributed by atoms with Gasteiger partial charge in [0.15, 0.2) is 0 Å². The highest BCUT2D eigenvalue weighted by Gasteiger charge is 2.13. The van der Waals surface area contributed by atoms with E-state index in [-0.39, 0.29) is 13.1 Å². The Morgan fingerprint density at radius 1 is 1.25 bits per heavy atom. The van der Waals surface area contributed by atoms with E-state index >= 15 is 0 Å². The maximum atomic E-state index is 11.2. The van der Waals surface area contributed by atoms with Crippen molar-refractivity contribution in [1.29, 1.82) is 0 Å². The van der Waals surface area contributed by atoms with Crippen LogP contribution in [-0.4, -0.2) is 47.7 Å². The Kier molecular flexibility index (Phi) is 6.34. The molecule has 10 heteroatoms. The lowest BCUT2D eigenvalue weighted by Crippen LogP contribution is -2.30. The second-order valence-corrected chi connectivity index (χ2v) is 7.34. The fourth-order valence-corrected chi connectivity index (χ4v) is 3.44. The minimum Gasteiger partial charge on any atom is -0.229 e. The molecule has 0 unspecified atom stereocenters. The third-order valence-electron chi connectivity index (χ3n) is 1.54. The van der Waals surface area contributed by atoms with Crippen molar-refractivity contribution in [3.8, 4) is 0 Å². The first-order valence-corrected chi connectivity index (χ1v) is 8.14. The molecule has 0 aliphatic heterocycles. The summed E-state index contributed by atoms with van der Waals surface area (Å²) in [5.41, 5.74) is 7.95. The molecule has 0 fully saturated rings. The van der Waals surface area contributed by atoms with Gasteiger partial charge in [-0.1, -0.05) is 5.11 Å². The van der Waals surface area contributed by atoms with Crippen LogP contribution in [0.5, 0.6) is 0 Å². The summed E-state index contributed by atoms with van der Waals surface area (Å²) >= 11 is 0. The molecule has 0 aliphatic rings. The highest BCUT2D eigenvalue weighted by Crippen LogP contribution is 1.90. The molecule has 1 N–H and O–H groups in total. The van der Waals surface area contributed by atoms with Crippen LogP contribution in [0.15, 0.2) is 5.11 Å². The smallest absolute Gasteiger partial charge is 0.212 e. The Morgan fingerprint density at radius 3 is 2.38 bits per heavy atom. The predicted molar refractivity (Wildman–Crippen MR) is 60.1 cm³/mol. The lowest BCUT2D eigenvalue weighted by molar-refractivity contribution is 0.577. The number of sulfonamides is 1. The maximum absolute atomic E-state index is 11.2. The molecule has 0 saturated carbocycles. The molecule has 0 atom stereocenters. The molecular formula is C6H14N4O4S2. The van der Waals surface area contributed by atoms with Crippen molar-refractivity contribution in [3.63, 3.8) is 0 Å². The number of hydrogen-bond donors (Lipinski definition) is 1. The van der Waals surface area contributed by atoms with Crippen LogP contribution in [0.4, 0.5) is 0 Å². The molecule has 0 bridgehead atoms. The van der Waals surface area contributed by atoms with Gasteiger partial charge < -0.3 is 0 Å². The van der Waals surface area contributed by atoms with Crippen molar-refractivity contribution in [3.05, 3.63) is 10.4 Å².